The molecular formula is C21H20N6O2S2. The van der Waals surface area contributed by atoms with Gasteiger partial charge in [-0.25, -0.2) is 14.5 Å². The van der Waals surface area contributed by atoms with Crippen molar-refractivity contribution < 1.29 is 9.53 Å². The first-order chi connectivity index (χ1) is 15.0. The number of nitrogens with zero attached hydrogens (tertiary/aromatic N) is 5. The van der Waals surface area contributed by atoms with E-state index in [1.807, 2.05) is 37.6 Å². The van der Waals surface area contributed by atoms with Gasteiger partial charge in [0.05, 0.1) is 18.7 Å². The summed E-state index contributed by atoms with van der Waals surface area (Å²) in [4.78, 5) is 26.2. The first-order valence-corrected chi connectivity index (χ1v) is 11.9. The van der Waals surface area contributed by atoms with Crippen LogP contribution >= 0.6 is 23.1 Å². The van der Waals surface area contributed by atoms with Crippen molar-refractivity contribution in [1.29, 1.82) is 0 Å². The van der Waals surface area contributed by atoms with Gasteiger partial charge in [0.25, 0.3) is 5.78 Å². The fourth-order valence-electron chi connectivity index (χ4n) is 3.67. The van der Waals surface area contributed by atoms with Crippen molar-refractivity contribution in [2.24, 2.45) is 0 Å². The van der Waals surface area contributed by atoms with Gasteiger partial charge in [0.1, 0.15) is 5.75 Å². The van der Waals surface area contributed by atoms with Gasteiger partial charge >= 0.3 is 0 Å². The van der Waals surface area contributed by atoms with E-state index in [9.17, 15) is 4.79 Å². The van der Waals surface area contributed by atoms with Crippen LogP contribution in [0.2, 0.25) is 0 Å². The summed E-state index contributed by atoms with van der Waals surface area (Å²) in [7, 11) is 0. The number of aromatic nitrogens is 5. The number of nitrogens with one attached hydrogen (secondary N) is 1. The Morgan fingerprint density at radius 2 is 2.16 bits per heavy atom. The molecule has 158 valence electrons. The molecule has 0 fully saturated rings. The molecule has 0 atom stereocenters. The largest absolute Gasteiger partial charge is 0.493 e. The fourth-order valence-corrected chi connectivity index (χ4v) is 4.74. The lowest BCUT2D eigenvalue weighted by molar-refractivity contribution is -0.115. The third-order valence-corrected chi connectivity index (χ3v) is 6.58. The molecule has 31 heavy (non-hydrogen) atoms. The second kappa shape index (κ2) is 7.93. The minimum atomic E-state index is -0.138. The third-order valence-electron chi connectivity index (χ3n) is 5.29. The van der Waals surface area contributed by atoms with E-state index >= 15 is 0 Å². The summed E-state index contributed by atoms with van der Waals surface area (Å²) >= 11 is 2.87. The molecule has 0 radical (unpaired) electrons. The molecule has 0 aliphatic carbocycles. The van der Waals surface area contributed by atoms with Crippen molar-refractivity contribution in [1.82, 2.24) is 24.6 Å². The van der Waals surface area contributed by atoms with E-state index in [4.69, 9.17) is 4.74 Å². The van der Waals surface area contributed by atoms with Crippen molar-refractivity contribution in [3.63, 3.8) is 0 Å². The minimum Gasteiger partial charge on any atom is -0.493 e. The summed E-state index contributed by atoms with van der Waals surface area (Å²) in [5.41, 5.74) is 5.56. The van der Waals surface area contributed by atoms with Crippen molar-refractivity contribution in [2.75, 3.05) is 18.2 Å². The SMILES string of the molecule is CSc1nc2nc(C)c(CC(=O)Nc3nc(-c4ccc5c(c4)CCO5)cs3)c(C)n2n1. The number of aryl methyl sites for hydroxylation is 2. The number of fused-ring (bicyclic) bond motifs is 2. The average Bonchev–Trinajstić information content (AvgIpc) is 3.49. The number of hydrogen-bond acceptors (Lipinski definition) is 8. The number of thiazole rings is 1. The predicted octanol–water partition coefficient (Wildman–Crippen LogP) is 3.70. The van der Waals surface area contributed by atoms with Crippen molar-refractivity contribution in [3.8, 4) is 17.0 Å². The van der Waals surface area contributed by atoms with E-state index in [0.29, 0.717) is 16.1 Å². The molecular weight excluding hydrogens is 432 g/mol. The Labute approximate surface area is 187 Å². The lowest BCUT2D eigenvalue weighted by atomic mass is 10.1. The van der Waals surface area contributed by atoms with Crippen LogP contribution in [0, 0.1) is 13.8 Å². The summed E-state index contributed by atoms with van der Waals surface area (Å²) < 4.78 is 7.26. The minimum absolute atomic E-state index is 0.138. The van der Waals surface area contributed by atoms with Gasteiger partial charge in [-0.3, -0.25) is 4.79 Å². The number of hydrogen-bond donors (Lipinski definition) is 1. The van der Waals surface area contributed by atoms with Gasteiger partial charge in [-0.15, -0.1) is 16.4 Å². The molecule has 1 N–H and O–H groups in total. The fraction of sp³-hybridized carbons (Fsp3) is 0.286. The van der Waals surface area contributed by atoms with Crippen LogP contribution in [-0.2, 0) is 17.6 Å². The molecule has 0 spiro atoms. The number of rotatable bonds is 5. The first kappa shape index (κ1) is 20.0. The van der Waals surface area contributed by atoms with Crippen LogP contribution in [0.25, 0.3) is 17.0 Å². The Morgan fingerprint density at radius 1 is 1.29 bits per heavy atom. The number of benzene rings is 1. The van der Waals surface area contributed by atoms with E-state index in [0.717, 1.165) is 47.0 Å². The molecule has 1 amide bonds. The number of carbonyl (C=O) groups excluding carboxylic acids is 1. The van der Waals surface area contributed by atoms with Gasteiger partial charge in [-0.1, -0.05) is 11.8 Å². The van der Waals surface area contributed by atoms with Gasteiger partial charge in [-0.2, -0.15) is 4.98 Å². The molecule has 0 saturated carbocycles. The van der Waals surface area contributed by atoms with Crippen LogP contribution in [0.1, 0.15) is 22.5 Å². The Kier molecular flexibility index (Phi) is 5.11. The summed E-state index contributed by atoms with van der Waals surface area (Å²) in [6.45, 7) is 4.55. The Morgan fingerprint density at radius 3 is 3.00 bits per heavy atom. The van der Waals surface area contributed by atoms with Gasteiger partial charge in [0, 0.05) is 34.3 Å². The molecule has 8 nitrogen and oxygen atoms in total. The molecule has 0 bridgehead atoms. The van der Waals surface area contributed by atoms with E-state index in [1.54, 1.807) is 4.52 Å². The molecule has 3 aromatic heterocycles. The predicted molar refractivity (Wildman–Crippen MR) is 121 cm³/mol. The highest BCUT2D eigenvalue weighted by atomic mass is 32.2. The Hall–Kier alpha value is -2.98. The summed E-state index contributed by atoms with van der Waals surface area (Å²) in [5.74, 6) is 1.36. The maximum Gasteiger partial charge on any atom is 0.253 e. The monoisotopic (exact) mass is 452 g/mol. The molecule has 4 aromatic rings. The average molecular weight is 453 g/mol. The lowest BCUT2D eigenvalue weighted by Gasteiger charge is -2.09. The highest BCUT2D eigenvalue weighted by Crippen LogP contribution is 2.32. The summed E-state index contributed by atoms with van der Waals surface area (Å²) in [6, 6.07) is 6.09. The maximum absolute atomic E-state index is 12.7. The normalized spacial score (nSPS) is 12.7. The van der Waals surface area contributed by atoms with E-state index in [2.05, 4.69) is 31.4 Å². The summed E-state index contributed by atoms with van der Waals surface area (Å²) in [5, 5.41) is 10.5. The van der Waals surface area contributed by atoms with Gasteiger partial charge < -0.3 is 10.1 Å². The highest BCUT2D eigenvalue weighted by molar-refractivity contribution is 7.98. The number of anilines is 1. The Bertz CT molecular complexity index is 1310. The standard InChI is InChI=1S/C21H20N6O2S2/c1-11-15(12(2)27-19(22-11)25-21(26-27)30-3)9-18(28)24-20-23-16(10-31-20)13-4-5-17-14(8-13)6-7-29-17/h4-5,8,10H,6-7,9H2,1-3H3,(H,23,24,28). The van der Waals surface area contributed by atoms with E-state index < -0.39 is 0 Å². The molecule has 10 heteroatoms. The van der Waals surface area contributed by atoms with Crippen LogP contribution < -0.4 is 10.1 Å². The second-order valence-corrected chi connectivity index (χ2v) is 8.89. The molecule has 0 unspecified atom stereocenters. The van der Waals surface area contributed by atoms with Crippen LogP contribution in [-0.4, -0.2) is 43.3 Å². The van der Waals surface area contributed by atoms with E-state index in [1.165, 1.54) is 28.7 Å². The van der Waals surface area contributed by atoms with Gasteiger partial charge in [0.2, 0.25) is 11.1 Å². The molecule has 1 aliphatic rings. The third kappa shape index (κ3) is 3.77. The van der Waals surface area contributed by atoms with Crippen LogP contribution in [0.15, 0.2) is 28.7 Å². The zero-order valence-electron chi connectivity index (χ0n) is 17.3. The van der Waals surface area contributed by atoms with Gasteiger partial charge in [0.15, 0.2) is 5.13 Å². The zero-order chi connectivity index (χ0) is 21.5. The lowest BCUT2D eigenvalue weighted by Crippen LogP contribution is -2.17. The topological polar surface area (TPSA) is 94.3 Å². The number of carbonyl (C=O) groups is 1. The van der Waals surface area contributed by atoms with Crippen molar-refractivity contribution in [2.45, 2.75) is 31.8 Å². The summed E-state index contributed by atoms with van der Waals surface area (Å²) in [6.07, 6.45) is 3.03. The van der Waals surface area contributed by atoms with E-state index in [-0.39, 0.29) is 12.3 Å². The molecule has 4 heterocycles. The maximum atomic E-state index is 12.7. The van der Waals surface area contributed by atoms with Crippen LogP contribution in [0.5, 0.6) is 5.75 Å². The molecule has 0 saturated heterocycles. The number of ether oxygens (including phenoxy) is 1. The van der Waals surface area contributed by atoms with Crippen LogP contribution in [0.3, 0.4) is 0 Å². The second-order valence-electron chi connectivity index (χ2n) is 7.26. The molecule has 5 rings (SSSR count). The molecule has 1 aliphatic heterocycles. The van der Waals surface area contributed by atoms with Crippen molar-refractivity contribution >= 4 is 39.9 Å². The van der Waals surface area contributed by atoms with Gasteiger partial charge in [-0.05, 0) is 43.9 Å². The Balaban J connectivity index is 1.33. The smallest absolute Gasteiger partial charge is 0.253 e. The zero-order valence-corrected chi connectivity index (χ0v) is 18.9. The van der Waals surface area contributed by atoms with Crippen molar-refractivity contribution in [3.05, 3.63) is 46.1 Å². The highest BCUT2D eigenvalue weighted by Gasteiger charge is 2.18. The quantitative estimate of drug-likeness (QED) is 0.461. The number of amides is 1. The number of thioether (sulfide) groups is 1. The molecule has 1 aromatic carbocycles. The first-order valence-electron chi connectivity index (χ1n) is 9.80. The van der Waals surface area contributed by atoms with Crippen LogP contribution in [0.4, 0.5) is 5.13 Å².